The Morgan fingerprint density at radius 3 is 2.48 bits per heavy atom. The van der Waals surface area contributed by atoms with E-state index in [0.717, 1.165) is 36.1 Å². The number of benzene rings is 2. The Hall–Kier alpha value is -1.06. The zero-order chi connectivity index (χ0) is 17.5. The lowest BCUT2D eigenvalue weighted by Crippen LogP contribution is -2.38. The van der Waals surface area contributed by atoms with Crippen LogP contribution < -0.4 is 5.32 Å². The Bertz CT molecular complexity index is 652. The number of nitrogens with zero attached hydrogens (tertiary/aromatic N) is 1. The van der Waals surface area contributed by atoms with Crippen LogP contribution in [0.3, 0.4) is 0 Å². The summed E-state index contributed by atoms with van der Waals surface area (Å²) in [6.07, 6.45) is 3.83. The summed E-state index contributed by atoms with van der Waals surface area (Å²) >= 11 is 12.1. The third-order valence-corrected chi connectivity index (χ3v) is 5.60. The second-order valence-electron chi connectivity index (χ2n) is 6.89. The minimum Gasteiger partial charge on any atom is -0.311 e. The molecule has 0 amide bonds. The molecule has 0 spiro atoms. The van der Waals surface area contributed by atoms with E-state index in [1.54, 1.807) is 6.07 Å². The summed E-state index contributed by atoms with van der Waals surface area (Å²) in [5.41, 5.74) is 2.58. The molecule has 2 aromatic rings. The first-order valence-electron chi connectivity index (χ1n) is 9.11. The van der Waals surface area contributed by atoms with Gasteiger partial charge in [-0.05, 0) is 61.5 Å². The molecule has 4 heteroatoms. The van der Waals surface area contributed by atoms with E-state index in [0.29, 0.717) is 5.02 Å². The summed E-state index contributed by atoms with van der Waals surface area (Å²) in [6.45, 7) is 5.30. The summed E-state index contributed by atoms with van der Waals surface area (Å²) in [5, 5.41) is 4.92. The molecule has 1 aliphatic heterocycles. The van der Waals surface area contributed by atoms with Crippen molar-refractivity contribution in [2.45, 2.75) is 25.8 Å². The van der Waals surface area contributed by atoms with Crippen LogP contribution in [0.2, 0.25) is 10.0 Å². The zero-order valence-corrected chi connectivity index (χ0v) is 16.1. The van der Waals surface area contributed by atoms with Crippen LogP contribution in [0.15, 0.2) is 48.5 Å². The summed E-state index contributed by atoms with van der Waals surface area (Å²) in [6, 6.07) is 16.6. The Kier molecular flexibility index (Phi) is 7.18. The van der Waals surface area contributed by atoms with Crippen molar-refractivity contribution in [3.63, 3.8) is 0 Å². The van der Waals surface area contributed by atoms with Gasteiger partial charge in [-0.25, -0.2) is 0 Å². The first kappa shape index (κ1) is 18.7. The van der Waals surface area contributed by atoms with E-state index >= 15 is 0 Å². The average Bonchev–Trinajstić information content (AvgIpc) is 2.62. The Balaban J connectivity index is 1.33. The minimum atomic E-state index is 0.687. The maximum Gasteiger partial charge on any atom is 0.0465 e. The number of hydrogen-bond acceptors (Lipinski definition) is 2. The van der Waals surface area contributed by atoms with Crippen molar-refractivity contribution in [3.05, 3.63) is 69.7 Å². The van der Waals surface area contributed by atoms with Crippen molar-refractivity contribution < 1.29 is 0 Å². The van der Waals surface area contributed by atoms with Gasteiger partial charge in [-0.3, -0.25) is 0 Å². The molecule has 0 aliphatic carbocycles. The fourth-order valence-electron chi connectivity index (χ4n) is 3.49. The predicted molar refractivity (Wildman–Crippen MR) is 107 cm³/mol. The van der Waals surface area contributed by atoms with Gasteiger partial charge in [0.2, 0.25) is 0 Å². The molecule has 3 rings (SSSR count). The minimum absolute atomic E-state index is 0.687. The highest BCUT2D eigenvalue weighted by Gasteiger charge is 2.18. The van der Waals surface area contributed by atoms with Crippen LogP contribution in [0.1, 0.15) is 24.0 Å². The number of rotatable bonds is 7. The molecular formula is C21H26Cl2N2. The largest absolute Gasteiger partial charge is 0.311 e. The number of piperidine rings is 1. The van der Waals surface area contributed by atoms with E-state index < -0.39 is 0 Å². The topological polar surface area (TPSA) is 15.3 Å². The maximum atomic E-state index is 6.20. The van der Waals surface area contributed by atoms with E-state index in [-0.39, 0.29) is 0 Å². The number of halogens is 2. The lowest BCUT2D eigenvalue weighted by atomic mass is 9.90. The van der Waals surface area contributed by atoms with Crippen molar-refractivity contribution in [1.82, 2.24) is 10.2 Å². The monoisotopic (exact) mass is 376 g/mol. The first-order chi connectivity index (χ1) is 12.2. The highest BCUT2D eigenvalue weighted by Crippen LogP contribution is 2.22. The molecule has 134 valence electrons. The van der Waals surface area contributed by atoms with E-state index in [2.05, 4.69) is 40.5 Å². The average molecular weight is 377 g/mol. The van der Waals surface area contributed by atoms with Crippen LogP contribution in [0.4, 0.5) is 0 Å². The van der Waals surface area contributed by atoms with Gasteiger partial charge in [0.15, 0.2) is 0 Å². The van der Waals surface area contributed by atoms with E-state index in [9.17, 15) is 0 Å². The molecule has 0 radical (unpaired) electrons. The molecule has 0 bridgehead atoms. The maximum absolute atomic E-state index is 6.20. The molecule has 0 unspecified atom stereocenters. The van der Waals surface area contributed by atoms with Crippen molar-refractivity contribution >= 4 is 23.2 Å². The molecule has 0 saturated carbocycles. The Labute approximate surface area is 161 Å². The second-order valence-corrected chi connectivity index (χ2v) is 7.73. The Morgan fingerprint density at radius 2 is 1.76 bits per heavy atom. The van der Waals surface area contributed by atoms with Crippen LogP contribution in [0.5, 0.6) is 0 Å². The molecule has 1 saturated heterocycles. The molecule has 1 heterocycles. The van der Waals surface area contributed by atoms with Crippen LogP contribution in [-0.4, -0.2) is 31.1 Å². The summed E-state index contributed by atoms with van der Waals surface area (Å²) < 4.78 is 0. The van der Waals surface area contributed by atoms with Crippen LogP contribution in [0, 0.1) is 5.92 Å². The predicted octanol–water partition coefficient (Wildman–Crippen LogP) is 5.04. The standard InChI is InChI=1S/C21H26Cl2N2/c22-20-7-6-19(21(23)15-20)16-24-10-13-25-11-8-18(9-12-25)14-17-4-2-1-3-5-17/h1-7,15,18,24H,8-14,16H2. The van der Waals surface area contributed by atoms with Gasteiger partial charge in [-0.1, -0.05) is 59.6 Å². The first-order valence-corrected chi connectivity index (χ1v) is 9.87. The van der Waals surface area contributed by atoms with E-state index in [4.69, 9.17) is 23.2 Å². The molecule has 0 atom stereocenters. The van der Waals surface area contributed by atoms with Gasteiger partial charge >= 0.3 is 0 Å². The third-order valence-electron chi connectivity index (χ3n) is 5.01. The molecule has 2 aromatic carbocycles. The molecule has 1 fully saturated rings. The smallest absolute Gasteiger partial charge is 0.0465 e. The fraction of sp³-hybridized carbons (Fsp3) is 0.429. The van der Waals surface area contributed by atoms with Crippen molar-refractivity contribution in [1.29, 1.82) is 0 Å². The summed E-state index contributed by atoms with van der Waals surface area (Å²) in [7, 11) is 0. The van der Waals surface area contributed by atoms with Gasteiger partial charge < -0.3 is 10.2 Å². The summed E-state index contributed by atoms with van der Waals surface area (Å²) in [5.74, 6) is 0.833. The van der Waals surface area contributed by atoms with Gasteiger partial charge in [0, 0.05) is 29.7 Å². The van der Waals surface area contributed by atoms with Gasteiger partial charge in [0.05, 0.1) is 0 Å². The van der Waals surface area contributed by atoms with Crippen molar-refractivity contribution in [2.75, 3.05) is 26.2 Å². The Morgan fingerprint density at radius 1 is 1.00 bits per heavy atom. The van der Waals surface area contributed by atoms with Crippen LogP contribution in [0.25, 0.3) is 0 Å². The fourth-order valence-corrected chi connectivity index (χ4v) is 3.96. The van der Waals surface area contributed by atoms with Crippen LogP contribution in [-0.2, 0) is 13.0 Å². The highest BCUT2D eigenvalue weighted by atomic mass is 35.5. The number of hydrogen-bond donors (Lipinski definition) is 1. The normalized spacial score (nSPS) is 16.2. The van der Waals surface area contributed by atoms with Crippen LogP contribution >= 0.6 is 23.2 Å². The lowest BCUT2D eigenvalue weighted by Gasteiger charge is -2.32. The molecule has 2 nitrogen and oxygen atoms in total. The quantitative estimate of drug-likeness (QED) is 0.681. The van der Waals surface area contributed by atoms with Gasteiger partial charge in [-0.2, -0.15) is 0 Å². The highest BCUT2D eigenvalue weighted by molar-refractivity contribution is 6.35. The number of likely N-dealkylation sites (tertiary alicyclic amines) is 1. The number of nitrogens with one attached hydrogen (secondary N) is 1. The van der Waals surface area contributed by atoms with Crippen molar-refractivity contribution in [2.24, 2.45) is 5.92 Å². The van der Waals surface area contributed by atoms with E-state index in [1.807, 2.05) is 12.1 Å². The molecule has 1 aliphatic rings. The lowest BCUT2D eigenvalue weighted by molar-refractivity contribution is 0.184. The van der Waals surface area contributed by atoms with E-state index in [1.165, 1.54) is 37.9 Å². The summed E-state index contributed by atoms with van der Waals surface area (Å²) in [4.78, 5) is 2.57. The van der Waals surface area contributed by atoms with Gasteiger partial charge in [0.1, 0.15) is 0 Å². The molecule has 1 N–H and O–H groups in total. The third kappa shape index (κ3) is 6.00. The second kappa shape index (κ2) is 9.59. The molecule has 0 aromatic heterocycles. The van der Waals surface area contributed by atoms with Gasteiger partial charge in [-0.15, -0.1) is 0 Å². The molecular weight excluding hydrogens is 351 g/mol. The molecule has 25 heavy (non-hydrogen) atoms. The SMILES string of the molecule is Clc1ccc(CNCCN2CCC(Cc3ccccc3)CC2)c(Cl)c1. The van der Waals surface area contributed by atoms with Crippen molar-refractivity contribution in [3.8, 4) is 0 Å². The zero-order valence-electron chi connectivity index (χ0n) is 14.6. The van der Waals surface area contributed by atoms with Gasteiger partial charge in [0.25, 0.3) is 0 Å².